The zero-order valence-corrected chi connectivity index (χ0v) is 15.6. The summed E-state index contributed by atoms with van der Waals surface area (Å²) >= 11 is 0. The van der Waals surface area contributed by atoms with Crippen molar-refractivity contribution in [3.8, 4) is 0 Å². The van der Waals surface area contributed by atoms with E-state index in [4.69, 9.17) is 0 Å². The quantitative estimate of drug-likeness (QED) is 0.760. The highest BCUT2D eigenvalue weighted by atomic mass is 16.2. The highest BCUT2D eigenvalue weighted by molar-refractivity contribution is 6.20. The molecule has 146 valence electrons. The molecule has 1 atom stereocenters. The van der Waals surface area contributed by atoms with Crippen molar-refractivity contribution in [2.45, 2.75) is 25.3 Å². The normalized spacial score (nSPS) is 19.2. The maximum Gasteiger partial charge on any atom is 0.278 e. The summed E-state index contributed by atoms with van der Waals surface area (Å²) < 4.78 is 0. The summed E-state index contributed by atoms with van der Waals surface area (Å²) in [5.74, 6) is -2.15. The lowest BCUT2D eigenvalue weighted by molar-refractivity contribution is -0.149. The van der Waals surface area contributed by atoms with Crippen molar-refractivity contribution in [1.29, 1.82) is 0 Å². The van der Waals surface area contributed by atoms with Gasteiger partial charge in [0.25, 0.3) is 11.8 Å². The summed E-state index contributed by atoms with van der Waals surface area (Å²) in [6.07, 6.45) is 2.21. The Morgan fingerprint density at radius 2 is 1.62 bits per heavy atom. The molecular weight excluding hydrogens is 370 g/mol. The Balaban J connectivity index is 1.42. The number of anilines is 1. The van der Waals surface area contributed by atoms with E-state index in [1.54, 1.807) is 0 Å². The van der Waals surface area contributed by atoms with Crippen molar-refractivity contribution in [3.63, 3.8) is 0 Å². The zero-order valence-electron chi connectivity index (χ0n) is 15.6. The summed E-state index contributed by atoms with van der Waals surface area (Å²) in [5.41, 5.74) is 3.09. The summed E-state index contributed by atoms with van der Waals surface area (Å²) in [6.45, 7) is 0. The number of piperidine rings is 1. The van der Waals surface area contributed by atoms with Crippen LogP contribution in [0.2, 0.25) is 0 Å². The summed E-state index contributed by atoms with van der Waals surface area (Å²) in [7, 11) is 0. The van der Waals surface area contributed by atoms with Crippen molar-refractivity contribution in [2.24, 2.45) is 0 Å². The first-order valence-corrected chi connectivity index (χ1v) is 9.34. The number of amides is 4. The number of hydrogen-bond acceptors (Lipinski definition) is 5. The monoisotopic (exact) mass is 389 g/mol. The van der Waals surface area contributed by atoms with Crippen LogP contribution in [0.15, 0.2) is 66.4 Å². The van der Waals surface area contributed by atoms with E-state index in [-0.39, 0.29) is 18.5 Å². The predicted octanol–water partition coefficient (Wildman–Crippen LogP) is 1.75. The molecule has 0 aliphatic carbocycles. The zero-order chi connectivity index (χ0) is 20.4. The van der Waals surface area contributed by atoms with Crippen LogP contribution in [-0.4, -0.2) is 34.6 Å². The molecule has 2 aliphatic heterocycles. The van der Waals surface area contributed by atoms with Gasteiger partial charge in [-0.3, -0.25) is 29.4 Å². The second-order valence-electron chi connectivity index (χ2n) is 7.02. The molecule has 2 N–H and O–H groups in total. The minimum atomic E-state index is -0.962. The van der Waals surface area contributed by atoms with E-state index in [9.17, 15) is 19.2 Å². The van der Waals surface area contributed by atoms with Crippen molar-refractivity contribution < 1.29 is 19.2 Å². The van der Waals surface area contributed by atoms with Gasteiger partial charge in [0.2, 0.25) is 11.8 Å². The third-order valence-corrected chi connectivity index (χ3v) is 4.96. The van der Waals surface area contributed by atoms with Crippen molar-refractivity contribution in [1.82, 2.24) is 10.2 Å². The van der Waals surface area contributed by atoms with E-state index >= 15 is 0 Å². The number of imide groups is 2. The molecule has 29 heavy (non-hydrogen) atoms. The fourth-order valence-corrected chi connectivity index (χ4v) is 3.49. The van der Waals surface area contributed by atoms with Gasteiger partial charge >= 0.3 is 0 Å². The van der Waals surface area contributed by atoms with Gasteiger partial charge in [-0.25, -0.2) is 0 Å². The van der Waals surface area contributed by atoms with E-state index < -0.39 is 29.7 Å². The van der Waals surface area contributed by atoms with Crippen LogP contribution in [0.25, 0.3) is 0 Å². The van der Waals surface area contributed by atoms with Crippen LogP contribution in [0, 0.1) is 0 Å². The van der Waals surface area contributed by atoms with Crippen LogP contribution < -0.4 is 10.6 Å². The van der Waals surface area contributed by atoms with Crippen LogP contribution in [-0.2, 0) is 25.6 Å². The number of nitrogens with one attached hydrogen (secondary N) is 2. The van der Waals surface area contributed by atoms with Gasteiger partial charge in [0, 0.05) is 18.2 Å². The van der Waals surface area contributed by atoms with Crippen LogP contribution >= 0.6 is 0 Å². The van der Waals surface area contributed by atoms with Crippen LogP contribution in [0.5, 0.6) is 0 Å². The average molecular weight is 389 g/mol. The number of hydrogen-bond donors (Lipinski definition) is 2. The molecule has 7 nitrogen and oxygen atoms in total. The van der Waals surface area contributed by atoms with Crippen molar-refractivity contribution in [2.75, 3.05) is 5.32 Å². The topological polar surface area (TPSA) is 95.6 Å². The molecule has 1 fully saturated rings. The number of carbonyl (C=O) groups excluding carboxylic acids is 4. The highest BCUT2D eigenvalue weighted by Crippen LogP contribution is 2.23. The predicted molar refractivity (Wildman–Crippen MR) is 105 cm³/mol. The van der Waals surface area contributed by atoms with Crippen LogP contribution in [0.1, 0.15) is 24.0 Å². The standard InChI is InChI=1S/C22H19N3O4/c26-19-11-10-18(21(28)24-19)25-20(27)13-17(22(25)29)23-16-8-6-15(7-9-16)12-14-4-2-1-3-5-14/h1-9,13,18,23H,10-12H2,(H,24,26,28). The van der Waals surface area contributed by atoms with Gasteiger partial charge in [0.05, 0.1) is 0 Å². The minimum absolute atomic E-state index is 0.0963. The molecule has 1 saturated heterocycles. The molecule has 0 bridgehead atoms. The van der Waals surface area contributed by atoms with Crippen LogP contribution in [0.4, 0.5) is 5.69 Å². The fourth-order valence-electron chi connectivity index (χ4n) is 3.49. The molecule has 0 saturated carbocycles. The number of nitrogens with zero attached hydrogens (tertiary/aromatic N) is 1. The fraction of sp³-hybridized carbons (Fsp3) is 0.182. The number of benzene rings is 2. The Hall–Kier alpha value is -3.74. The molecule has 0 radical (unpaired) electrons. The van der Waals surface area contributed by atoms with E-state index in [1.807, 2.05) is 42.5 Å². The SMILES string of the molecule is O=C1CCC(N2C(=O)C=C(Nc3ccc(Cc4ccccc4)cc3)C2=O)C(=O)N1. The van der Waals surface area contributed by atoms with Gasteiger partial charge in [-0.05, 0) is 36.1 Å². The third kappa shape index (κ3) is 3.94. The number of rotatable bonds is 5. The molecule has 1 unspecified atom stereocenters. The molecule has 4 amide bonds. The average Bonchev–Trinajstić information content (AvgIpc) is 2.98. The van der Waals surface area contributed by atoms with Crippen molar-refractivity contribution in [3.05, 3.63) is 77.5 Å². The Morgan fingerprint density at radius 1 is 0.931 bits per heavy atom. The summed E-state index contributed by atoms with van der Waals surface area (Å²) in [4.78, 5) is 49.2. The third-order valence-electron chi connectivity index (χ3n) is 4.96. The van der Waals surface area contributed by atoms with Crippen molar-refractivity contribution >= 4 is 29.3 Å². The van der Waals surface area contributed by atoms with E-state index in [1.165, 1.54) is 11.6 Å². The Kier molecular flexibility index (Phi) is 4.95. The van der Waals surface area contributed by atoms with E-state index in [0.717, 1.165) is 16.9 Å². The summed E-state index contributed by atoms with van der Waals surface area (Å²) in [6, 6.07) is 16.7. The maximum atomic E-state index is 12.7. The second-order valence-corrected chi connectivity index (χ2v) is 7.02. The largest absolute Gasteiger partial charge is 0.351 e. The van der Waals surface area contributed by atoms with Gasteiger partial charge in [-0.1, -0.05) is 42.5 Å². The van der Waals surface area contributed by atoms with E-state index in [0.29, 0.717) is 5.69 Å². The van der Waals surface area contributed by atoms with Gasteiger partial charge in [-0.2, -0.15) is 0 Å². The lowest BCUT2D eigenvalue weighted by Gasteiger charge is -2.28. The molecule has 4 rings (SSSR count). The Labute approximate surface area is 167 Å². The molecule has 2 aromatic rings. The Bertz CT molecular complexity index is 1010. The Morgan fingerprint density at radius 3 is 2.31 bits per heavy atom. The van der Waals surface area contributed by atoms with Gasteiger partial charge in [0.1, 0.15) is 11.7 Å². The van der Waals surface area contributed by atoms with Gasteiger partial charge < -0.3 is 5.32 Å². The first kappa shape index (κ1) is 18.6. The molecular formula is C22H19N3O4. The van der Waals surface area contributed by atoms with Gasteiger partial charge in [-0.15, -0.1) is 0 Å². The lowest BCUT2D eigenvalue weighted by atomic mass is 10.0. The highest BCUT2D eigenvalue weighted by Gasteiger charge is 2.42. The van der Waals surface area contributed by atoms with Gasteiger partial charge in [0.15, 0.2) is 0 Å². The molecule has 7 heteroatoms. The molecule has 0 aromatic heterocycles. The molecule has 0 spiro atoms. The van der Waals surface area contributed by atoms with E-state index in [2.05, 4.69) is 22.8 Å². The molecule has 2 aliphatic rings. The second kappa shape index (κ2) is 7.71. The first-order chi connectivity index (χ1) is 14.0. The maximum absolute atomic E-state index is 12.7. The smallest absolute Gasteiger partial charge is 0.278 e. The first-order valence-electron chi connectivity index (χ1n) is 9.34. The summed E-state index contributed by atoms with van der Waals surface area (Å²) in [5, 5.41) is 5.13. The molecule has 2 heterocycles. The van der Waals surface area contributed by atoms with Crippen LogP contribution in [0.3, 0.4) is 0 Å². The molecule has 2 aromatic carbocycles. The minimum Gasteiger partial charge on any atom is -0.351 e. The number of carbonyl (C=O) groups is 4. The lowest BCUT2D eigenvalue weighted by Crippen LogP contribution is -2.54.